The molecule has 42 heteroatoms. The fourth-order valence-corrected chi connectivity index (χ4v) is 11.9. The minimum atomic E-state index is -1.02. The van der Waals surface area contributed by atoms with Crippen LogP contribution in [0, 0.1) is 11.8 Å². The molecule has 4 aromatic rings. The summed E-state index contributed by atoms with van der Waals surface area (Å²) in [7, 11) is 0. The van der Waals surface area contributed by atoms with Crippen molar-refractivity contribution < 1.29 is 95.7 Å². The highest BCUT2D eigenvalue weighted by atomic mass is 32.1. The van der Waals surface area contributed by atoms with E-state index in [1.165, 1.54) is 62.7 Å². The van der Waals surface area contributed by atoms with Crippen molar-refractivity contribution in [2.45, 2.75) is 195 Å². The summed E-state index contributed by atoms with van der Waals surface area (Å²) in [6.07, 6.45) is 21.4. The Balaban J connectivity index is 0.000000305. The number of ether oxygens (including phenoxy) is 4. The third kappa shape index (κ3) is 38.4. The second kappa shape index (κ2) is 57.2. The number of hydrogen-bond acceptors (Lipinski definition) is 30. The van der Waals surface area contributed by atoms with E-state index in [4.69, 9.17) is 18.9 Å². The Hall–Kier alpha value is -12.7. The first-order valence-electron chi connectivity index (χ1n) is 41.4. The summed E-state index contributed by atoms with van der Waals surface area (Å²) in [6.45, 7) is 16.7. The van der Waals surface area contributed by atoms with Gasteiger partial charge in [-0.05, 0) is 163 Å². The lowest BCUT2D eigenvalue weighted by molar-refractivity contribution is -0.153. The molecule has 12 amide bonds. The summed E-state index contributed by atoms with van der Waals surface area (Å²) in [5.74, 6) is -7.88. The van der Waals surface area contributed by atoms with Gasteiger partial charge in [-0.1, -0.05) is 88.4 Å². The molecule has 0 fully saturated rings. The van der Waals surface area contributed by atoms with Crippen LogP contribution in [0.2, 0.25) is 0 Å². The monoisotopic (exact) mass is 1860 g/mol. The zero-order chi connectivity index (χ0) is 95.1. The van der Waals surface area contributed by atoms with Gasteiger partial charge in [0, 0.05) is 31.1 Å². The minimum absolute atomic E-state index is 0.0120. The molecule has 12 N–H and O–H groups in total. The Morgan fingerprint density at radius 1 is 0.364 bits per heavy atom. The third-order valence-electron chi connectivity index (χ3n) is 18.2. The number of allylic oxidation sites excluding steroid dienone is 8. The fraction of sp³-hybridized carbons (Fsp3) is 0.425. The normalized spacial score (nSPS) is 22.4. The molecule has 8 bridgehead atoms. The van der Waals surface area contributed by atoms with E-state index >= 15 is 0 Å². The number of nitrogens with one attached hydrogen (secondary N) is 12. The predicted molar refractivity (Wildman–Crippen MR) is 487 cm³/mol. The third-order valence-corrected chi connectivity index (χ3v) is 19.2. The lowest BCUT2D eigenvalue weighted by Crippen LogP contribution is -2.48. The standard InChI is InChI=1S/C24H32N4O5S.C22H29N5O5S.C21H26N4O5S.C20H25N5O5S/c1-4-18-22(30)28-21(15(2)3)24(32)33-17(9-5-6-13-34)14-20(29)25-12-11-16-8-7-10-19(26-16)23(31)27-18;1-4-16-20(29)27-18(13(2)3)22(31)32-15(7-5-6-10-33)11-17(28)24-12-14-8-9-23-19(25-14)21(30)26-16;1-3-16-19(27)23-13(2)21(29)30-15(8-4-5-10-31)11-18(26)22-12-14-7-6-9-17(24-14)20(28)25-16;1-3-15-18(27)23-12(2)20(29)30-14(6-4-5-9-31)10-16(26)22-11-13-7-8-21-17(24-13)19(28)25-15/h4-5,7-10,15,17,21,34H,6,11-14H2,1-3H3,(H,25,29)(H,27,31)(H,28,30);4-5,7-9,13,15,18,33H,6,10-12H2,1-3H3,(H,24,28)(H,26,30)(H,27,29);3-4,6-9,13,15,31H,5,10-12H2,1-2H3,(H,22,26)(H,23,27)(H,25,28);3-4,6-8,12,14,31H,5,9-11H2,1-2H3,(H,22,26)(H,23,27)(H,25,28)/b9-5+,18-4-;7-5+,16-4-;8-4+,16-3-;6-4+,15-3-/t17-,21+;15-,18+;13-,15-;12-,14+/m1110/s1. The Morgan fingerprint density at radius 2 is 0.659 bits per heavy atom. The molecule has 8 rings (SSSR count). The van der Waals surface area contributed by atoms with Crippen LogP contribution < -0.4 is 63.8 Å². The zero-order valence-corrected chi connectivity index (χ0v) is 76.7. The number of nitrogens with zero attached hydrogens (tertiary/aromatic N) is 6. The van der Waals surface area contributed by atoms with Crippen molar-refractivity contribution in [3.05, 3.63) is 202 Å². The summed E-state index contributed by atoms with van der Waals surface area (Å²) >= 11 is 16.6. The second-order valence-corrected chi connectivity index (χ2v) is 30.9. The van der Waals surface area contributed by atoms with E-state index in [9.17, 15) is 76.7 Å². The quantitative estimate of drug-likeness (QED) is 0.0276. The lowest BCUT2D eigenvalue weighted by Gasteiger charge is -2.24. The SMILES string of the molecule is C/C=C1\NC(=O)c2cccc(n2)CCNC(=O)C[C@@H](/C=C/CCS)OC(=O)[C@H](C(C)C)NC1=O.C/C=C1\NC(=O)c2cccc(n2)CNC(=O)C[C@@H](/C=C/CCS)OC(=O)[C@@H](C)NC1=O.C/C=C1\NC(=O)c2nccc(n2)CNC(=O)C[C@@H](/C=C/CCS)OC(=O)[C@H](C(C)C)NC1=O.C/C=C1\NC(=O)c2nccc(n2)CNC(=O)C[C@@H](/C=C/CCS)OC(=O)[C@H](C)NC1=O. The summed E-state index contributed by atoms with van der Waals surface area (Å²) in [5, 5.41) is 31.0. The predicted octanol–water partition coefficient (Wildman–Crippen LogP) is 4.22. The number of carbonyl (C=O) groups is 16. The topological polar surface area (TPSA) is 532 Å². The van der Waals surface area contributed by atoms with Crippen molar-refractivity contribution in [1.82, 2.24) is 93.7 Å². The van der Waals surface area contributed by atoms with Crippen LogP contribution in [0.4, 0.5) is 0 Å². The van der Waals surface area contributed by atoms with Crippen molar-refractivity contribution >= 4 is 145 Å². The molecule has 0 radical (unpaired) electrons. The number of pyridine rings is 2. The maximum Gasteiger partial charge on any atom is 0.329 e. The van der Waals surface area contributed by atoms with E-state index in [-0.39, 0.29) is 127 Å². The van der Waals surface area contributed by atoms with E-state index in [1.54, 1.807) is 140 Å². The molecule has 8 heterocycles. The van der Waals surface area contributed by atoms with Crippen molar-refractivity contribution in [3.63, 3.8) is 0 Å². The van der Waals surface area contributed by atoms with Gasteiger partial charge in [0.2, 0.25) is 35.3 Å². The molecule has 8 atom stereocenters. The van der Waals surface area contributed by atoms with Crippen LogP contribution >= 0.6 is 50.5 Å². The smallest absolute Gasteiger partial charge is 0.329 e. The summed E-state index contributed by atoms with van der Waals surface area (Å²) in [4.78, 5) is 226. The van der Waals surface area contributed by atoms with Gasteiger partial charge >= 0.3 is 23.9 Å². The number of carbonyl (C=O) groups excluding carboxylic acids is 16. The van der Waals surface area contributed by atoms with Crippen LogP contribution in [0.25, 0.3) is 0 Å². The van der Waals surface area contributed by atoms with Crippen LogP contribution in [0.1, 0.15) is 186 Å². The Labute approximate surface area is 769 Å². The van der Waals surface area contributed by atoms with Crippen LogP contribution in [0.5, 0.6) is 0 Å². The molecule has 4 aliphatic rings. The number of aromatic nitrogens is 6. The molecule has 4 aliphatic heterocycles. The molecule has 694 valence electrons. The number of rotatable bonds is 14. The Kier molecular flexibility index (Phi) is 47.4. The van der Waals surface area contributed by atoms with E-state index in [0.717, 1.165) is 0 Å². The number of esters is 4. The highest BCUT2D eigenvalue weighted by molar-refractivity contribution is 7.80. The molecular weight excluding hydrogens is 1750 g/mol. The molecule has 0 aliphatic carbocycles. The first-order valence-corrected chi connectivity index (χ1v) is 43.9. The van der Waals surface area contributed by atoms with Gasteiger partial charge in [-0.25, -0.2) is 49.1 Å². The maximum absolute atomic E-state index is 12.9. The van der Waals surface area contributed by atoms with E-state index in [2.05, 4.69) is 144 Å². The molecule has 0 saturated carbocycles. The van der Waals surface area contributed by atoms with Gasteiger partial charge in [-0.3, -0.25) is 57.5 Å². The molecule has 129 heavy (non-hydrogen) atoms. The maximum atomic E-state index is 12.9. The molecule has 4 aromatic heterocycles. The van der Waals surface area contributed by atoms with E-state index < -0.39 is 120 Å². The molecule has 38 nitrogen and oxygen atoms in total. The average molecular weight is 1860 g/mol. The van der Waals surface area contributed by atoms with Gasteiger partial charge in [0.25, 0.3) is 47.3 Å². The average Bonchev–Trinajstić information content (AvgIpc) is 1.31. The first-order chi connectivity index (χ1) is 61.7. The largest absolute Gasteiger partial charge is 0.456 e. The van der Waals surface area contributed by atoms with Gasteiger partial charge in [0.1, 0.15) is 82.8 Å². The van der Waals surface area contributed by atoms with Crippen molar-refractivity contribution in [2.75, 3.05) is 29.6 Å². The summed E-state index contributed by atoms with van der Waals surface area (Å²) in [6, 6.07) is 8.86. The molecule has 0 unspecified atom stereocenters. The first kappa shape index (κ1) is 107. The summed E-state index contributed by atoms with van der Waals surface area (Å²) < 4.78 is 22.0. The minimum Gasteiger partial charge on any atom is -0.456 e. The molecule has 0 aromatic carbocycles. The number of fused-ring (bicyclic) bond motifs is 8. The number of cyclic esters (lactones) is 4. The number of thiol groups is 4. The summed E-state index contributed by atoms with van der Waals surface area (Å²) in [5.41, 5.74) is 1.95. The Bertz CT molecular complexity index is 4760. The van der Waals surface area contributed by atoms with Gasteiger partial charge < -0.3 is 82.7 Å². The number of amides is 12. The van der Waals surface area contributed by atoms with Crippen LogP contribution in [-0.2, 0) is 103 Å². The van der Waals surface area contributed by atoms with Crippen molar-refractivity contribution in [2.24, 2.45) is 11.8 Å². The van der Waals surface area contributed by atoms with E-state index in [1.807, 2.05) is 0 Å². The fourth-order valence-electron chi connectivity index (χ4n) is 11.3. The van der Waals surface area contributed by atoms with Crippen LogP contribution in [-0.4, -0.2) is 203 Å². The van der Waals surface area contributed by atoms with Gasteiger partial charge in [-0.2, -0.15) is 50.5 Å². The van der Waals surface area contributed by atoms with E-state index in [0.29, 0.717) is 84.4 Å². The van der Waals surface area contributed by atoms with Crippen LogP contribution in [0.3, 0.4) is 0 Å². The van der Waals surface area contributed by atoms with Crippen molar-refractivity contribution in [1.29, 1.82) is 0 Å². The van der Waals surface area contributed by atoms with Crippen molar-refractivity contribution in [3.8, 4) is 0 Å². The Morgan fingerprint density at radius 3 is 0.984 bits per heavy atom. The highest BCUT2D eigenvalue weighted by Gasteiger charge is 2.34. The van der Waals surface area contributed by atoms with Gasteiger partial charge in [0.05, 0.1) is 62.4 Å². The molecular formula is C87H112N18O20S4. The van der Waals surface area contributed by atoms with Crippen LogP contribution in [0.15, 0.2) is 157 Å². The second-order valence-electron chi connectivity index (χ2n) is 29.1. The molecule has 0 spiro atoms. The van der Waals surface area contributed by atoms with Gasteiger partial charge in [0.15, 0.2) is 0 Å². The zero-order valence-electron chi connectivity index (χ0n) is 73.1. The van der Waals surface area contributed by atoms with Gasteiger partial charge in [-0.15, -0.1) is 0 Å². The highest BCUT2D eigenvalue weighted by Crippen LogP contribution is 2.17. The molecule has 0 saturated heterocycles. The number of hydrogen-bond donors (Lipinski definition) is 16. The lowest BCUT2D eigenvalue weighted by atomic mass is 10.0.